The van der Waals surface area contributed by atoms with Gasteiger partial charge in [-0.2, -0.15) is 0 Å². The summed E-state index contributed by atoms with van der Waals surface area (Å²) in [6.45, 7) is 6.25. The van der Waals surface area contributed by atoms with Crippen LogP contribution in [0, 0.1) is 5.92 Å². The van der Waals surface area contributed by atoms with Gasteiger partial charge in [-0.3, -0.25) is 14.9 Å². The molecule has 0 fully saturated rings. The molecular weight excluding hydrogens is 440 g/mol. The molecule has 7 heteroatoms. The molecule has 2 aromatic carbocycles. The van der Waals surface area contributed by atoms with E-state index in [2.05, 4.69) is 40.4 Å². The van der Waals surface area contributed by atoms with E-state index in [1.54, 1.807) is 36.4 Å². The summed E-state index contributed by atoms with van der Waals surface area (Å²) in [6.07, 6.45) is 0.892. The van der Waals surface area contributed by atoms with Gasteiger partial charge in [-0.05, 0) is 61.8 Å². The number of carbonyl (C=O) groups excluding carboxylic acids is 2. The SMILES string of the molecule is CC(=O)c1cccc(NC(=S)NC(=O)c2cc(Br)ccc2OCCC(C)C)c1. The lowest BCUT2D eigenvalue weighted by atomic mass is 10.1. The Labute approximate surface area is 179 Å². The highest BCUT2D eigenvalue weighted by Crippen LogP contribution is 2.24. The molecule has 0 saturated heterocycles. The first kappa shape index (κ1) is 22.0. The third kappa shape index (κ3) is 6.73. The molecule has 2 rings (SSSR count). The van der Waals surface area contributed by atoms with Crippen LogP contribution in [-0.4, -0.2) is 23.4 Å². The summed E-state index contributed by atoms with van der Waals surface area (Å²) in [6, 6.07) is 12.2. The molecule has 0 aliphatic rings. The summed E-state index contributed by atoms with van der Waals surface area (Å²) in [4.78, 5) is 24.2. The van der Waals surface area contributed by atoms with Crippen LogP contribution in [0.2, 0.25) is 0 Å². The normalized spacial score (nSPS) is 10.5. The van der Waals surface area contributed by atoms with Crippen LogP contribution in [0.1, 0.15) is 47.9 Å². The topological polar surface area (TPSA) is 67.4 Å². The number of halogens is 1. The summed E-state index contributed by atoms with van der Waals surface area (Å²) in [5, 5.41) is 5.72. The van der Waals surface area contributed by atoms with Crippen LogP contribution < -0.4 is 15.4 Å². The van der Waals surface area contributed by atoms with Gasteiger partial charge in [0, 0.05) is 15.7 Å². The maximum Gasteiger partial charge on any atom is 0.261 e. The second-order valence-electron chi connectivity index (χ2n) is 6.72. The lowest BCUT2D eigenvalue weighted by molar-refractivity contribution is 0.0971. The molecule has 0 unspecified atom stereocenters. The fourth-order valence-corrected chi connectivity index (χ4v) is 2.93. The monoisotopic (exact) mass is 462 g/mol. The number of Topliss-reactive ketones (excluding diaryl/α,β-unsaturated/α-hetero) is 1. The van der Waals surface area contributed by atoms with Crippen LogP contribution in [0.4, 0.5) is 5.69 Å². The number of carbonyl (C=O) groups is 2. The van der Waals surface area contributed by atoms with Gasteiger partial charge in [0.25, 0.3) is 5.91 Å². The highest BCUT2D eigenvalue weighted by Gasteiger charge is 2.15. The Morgan fingerprint density at radius 3 is 2.61 bits per heavy atom. The molecule has 0 heterocycles. The average molecular weight is 463 g/mol. The summed E-state index contributed by atoms with van der Waals surface area (Å²) in [5.74, 6) is 0.593. The van der Waals surface area contributed by atoms with Crippen molar-refractivity contribution in [2.75, 3.05) is 11.9 Å². The van der Waals surface area contributed by atoms with E-state index in [1.807, 2.05) is 6.07 Å². The van der Waals surface area contributed by atoms with Crippen molar-refractivity contribution < 1.29 is 14.3 Å². The number of ether oxygens (including phenoxy) is 1. The van der Waals surface area contributed by atoms with Crippen LogP contribution in [0.3, 0.4) is 0 Å². The molecule has 28 heavy (non-hydrogen) atoms. The highest BCUT2D eigenvalue weighted by atomic mass is 79.9. The molecule has 1 amide bonds. The zero-order valence-corrected chi connectivity index (χ0v) is 18.4. The zero-order chi connectivity index (χ0) is 20.7. The number of hydrogen-bond acceptors (Lipinski definition) is 4. The summed E-state index contributed by atoms with van der Waals surface area (Å²) < 4.78 is 6.55. The molecule has 2 N–H and O–H groups in total. The number of nitrogens with one attached hydrogen (secondary N) is 2. The number of amides is 1. The number of anilines is 1. The second-order valence-corrected chi connectivity index (χ2v) is 8.04. The Balaban J connectivity index is 2.07. The number of thiocarbonyl (C=S) groups is 1. The summed E-state index contributed by atoms with van der Waals surface area (Å²) in [7, 11) is 0. The Hall–Kier alpha value is -2.25. The fraction of sp³-hybridized carbons (Fsp3) is 0.286. The van der Waals surface area contributed by atoms with Crippen molar-refractivity contribution in [3.63, 3.8) is 0 Å². The van der Waals surface area contributed by atoms with Gasteiger partial charge in [0.05, 0.1) is 12.2 Å². The van der Waals surface area contributed by atoms with Crippen molar-refractivity contribution in [1.82, 2.24) is 5.32 Å². The predicted molar refractivity (Wildman–Crippen MR) is 119 cm³/mol. The van der Waals surface area contributed by atoms with Crippen LogP contribution in [-0.2, 0) is 0 Å². The van der Waals surface area contributed by atoms with Gasteiger partial charge in [-0.25, -0.2) is 0 Å². The molecule has 0 radical (unpaired) electrons. The van der Waals surface area contributed by atoms with E-state index >= 15 is 0 Å². The predicted octanol–water partition coefficient (Wildman–Crippen LogP) is 5.20. The van der Waals surface area contributed by atoms with E-state index in [4.69, 9.17) is 17.0 Å². The van der Waals surface area contributed by atoms with Gasteiger partial charge < -0.3 is 10.1 Å². The van der Waals surface area contributed by atoms with Crippen molar-refractivity contribution in [2.45, 2.75) is 27.2 Å². The zero-order valence-electron chi connectivity index (χ0n) is 16.0. The minimum absolute atomic E-state index is 0.0454. The van der Waals surface area contributed by atoms with Crippen molar-refractivity contribution in [2.24, 2.45) is 5.92 Å². The van der Waals surface area contributed by atoms with Gasteiger partial charge in [-0.1, -0.05) is 41.9 Å². The third-order valence-corrected chi connectivity index (χ3v) is 4.59. The molecule has 2 aromatic rings. The largest absolute Gasteiger partial charge is 0.493 e. The Morgan fingerprint density at radius 2 is 1.93 bits per heavy atom. The van der Waals surface area contributed by atoms with Gasteiger partial charge in [0.2, 0.25) is 0 Å². The smallest absolute Gasteiger partial charge is 0.261 e. The van der Waals surface area contributed by atoms with Crippen LogP contribution in [0.15, 0.2) is 46.9 Å². The Morgan fingerprint density at radius 1 is 1.18 bits per heavy atom. The van der Waals surface area contributed by atoms with E-state index in [0.717, 1.165) is 10.9 Å². The van der Waals surface area contributed by atoms with Crippen LogP contribution >= 0.6 is 28.1 Å². The van der Waals surface area contributed by atoms with Crippen molar-refractivity contribution in [3.8, 4) is 5.75 Å². The first-order valence-electron chi connectivity index (χ1n) is 8.92. The highest BCUT2D eigenvalue weighted by molar-refractivity contribution is 9.10. The lowest BCUT2D eigenvalue weighted by Crippen LogP contribution is -2.34. The van der Waals surface area contributed by atoms with E-state index in [1.165, 1.54) is 6.92 Å². The average Bonchev–Trinajstić information content (AvgIpc) is 2.62. The minimum Gasteiger partial charge on any atom is -0.493 e. The molecule has 148 valence electrons. The standard InChI is InChI=1S/C21H23BrN2O3S/c1-13(2)9-10-27-19-8-7-16(22)12-18(19)20(26)24-21(28)23-17-6-4-5-15(11-17)14(3)25/h4-8,11-13H,9-10H2,1-3H3,(H2,23,24,26,28). The second kappa shape index (κ2) is 10.3. The maximum absolute atomic E-state index is 12.7. The number of ketones is 1. The molecular formula is C21H23BrN2O3S. The van der Waals surface area contributed by atoms with Gasteiger partial charge >= 0.3 is 0 Å². The van der Waals surface area contributed by atoms with E-state index in [-0.39, 0.29) is 16.8 Å². The Kier molecular flexibility index (Phi) is 8.14. The minimum atomic E-state index is -0.374. The van der Waals surface area contributed by atoms with Gasteiger partial charge in [0.1, 0.15) is 5.75 Å². The van der Waals surface area contributed by atoms with E-state index in [0.29, 0.717) is 35.1 Å². The quantitative estimate of drug-likeness (QED) is 0.436. The molecule has 0 atom stereocenters. The number of rotatable bonds is 7. The van der Waals surface area contributed by atoms with Crippen molar-refractivity contribution >= 4 is 50.6 Å². The van der Waals surface area contributed by atoms with Crippen LogP contribution in [0.25, 0.3) is 0 Å². The molecule has 0 aromatic heterocycles. The van der Waals surface area contributed by atoms with Gasteiger partial charge in [-0.15, -0.1) is 0 Å². The number of benzene rings is 2. The first-order valence-corrected chi connectivity index (χ1v) is 10.1. The van der Waals surface area contributed by atoms with Crippen LogP contribution in [0.5, 0.6) is 5.75 Å². The van der Waals surface area contributed by atoms with Crippen molar-refractivity contribution in [1.29, 1.82) is 0 Å². The third-order valence-electron chi connectivity index (χ3n) is 3.89. The Bertz CT molecular complexity index is 884. The fourth-order valence-electron chi connectivity index (χ4n) is 2.36. The molecule has 0 saturated carbocycles. The molecule has 0 bridgehead atoms. The van der Waals surface area contributed by atoms with Gasteiger partial charge in [0.15, 0.2) is 10.9 Å². The van der Waals surface area contributed by atoms with E-state index in [9.17, 15) is 9.59 Å². The molecule has 5 nitrogen and oxygen atoms in total. The molecule has 0 spiro atoms. The number of hydrogen-bond donors (Lipinski definition) is 2. The summed E-state index contributed by atoms with van der Waals surface area (Å²) >= 11 is 8.62. The van der Waals surface area contributed by atoms with Crippen molar-refractivity contribution in [3.05, 3.63) is 58.1 Å². The molecule has 0 aliphatic heterocycles. The lowest BCUT2D eigenvalue weighted by Gasteiger charge is -2.14. The van der Waals surface area contributed by atoms with E-state index < -0.39 is 0 Å². The maximum atomic E-state index is 12.7. The molecule has 0 aliphatic carbocycles. The summed E-state index contributed by atoms with van der Waals surface area (Å²) in [5.41, 5.74) is 1.58. The first-order chi connectivity index (χ1) is 13.3.